The number of anilines is 1. The molecule has 2 aromatic heterocycles. The van der Waals surface area contributed by atoms with Crippen molar-refractivity contribution in [2.24, 2.45) is 0 Å². The van der Waals surface area contributed by atoms with Gasteiger partial charge in [0.2, 0.25) is 0 Å². The summed E-state index contributed by atoms with van der Waals surface area (Å²) in [6.45, 7) is -0.217. The minimum Gasteiger partial charge on any atom is -0.394 e. The largest absolute Gasteiger partial charge is 0.394 e. The van der Waals surface area contributed by atoms with Gasteiger partial charge in [-0.15, -0.1) is 0 Å². The first-order chi connectivity index (χ1) is 14.0. The Morgan fingerprint density at radius 1 is 1.21 bits per heavy atom. The number of ether oxygens (including phenoxy) is 1. The van der Waals surface area contributed by atoms with E-state index in [0.29, 0.717) is 0 Å². The molecule has 1 aliphatic heterocycles. The third-order valence-corrected chi connectivity index (χ3v) is 4.79. The van der Waals surface area contributed by atoms with Crippen LogP contribution in [0.15, 0.2) is 36.7 Å². The van der Waals surface area contributed by atoms with Crippen molar-refractivity contribution in [1.29, 1.82) is 0 Å². The van der Waals surface area contributed by atoms with Crippen LogP contribution in [0.25, 0.3) is 11.0 Å². The molecule has 0 unspecified atom stereocenters. The quantitative estimate of drug-likeness (QED) is 0.359. The van der Waals surface area contributed by atoms with E-state index >= 15 is 0 Å². The number of carbonyl (C=O) groups excluding carboxylic acids is 1. The fraction of sp³-hybridized carbons (Fsp3) is 0.333. The van der Waals surface area contributed by atoms with E-state index in [9.17, 15) is 20.1 Å². The van der Waals surface area contributed by atoms with Gasteiger partial charge in [-0.3, -0.25) is 4.79 Å². The van der Waals surface area contributed by atoms with E-state index in [0.717, 1.165) is 5.56 Å². The first kappa shape index (κ1) is 19.2. The molecular weight excluding hydrogens is 380 g/mol. The van der Waals surface area contributed by atoms with Crippen LogP contribution in [0.5, 0.6) is 0 Å². The number of aliphatic hydroxyl groups is 3. The van der Waals surface area contributed by atoms with Gasteiger partial charge in [0, 0.05) is 6.54 Å². The van der Waals surface area contributed by atoms with Crippen molar-refractivity contribution < 1.29 is 24.9 Å². The summed E-state index contributed by atoms with van der Waals surface area (Å²) in [7, 11) is 0. The number of nitrogens with one attached hydrogen (secondary N) is 1. The molecule has 1 fully saturated rings. The number of benzene rings is 1. The highest BCUT2D eigenvalue weighted by Crippen LogP contribution is 2.32. The van der Waals surface area contributed by atoms with Crippen molar-refractivity contribution in [3.05, 3.63) is 47.9 Å². The third kappa shape index (κ3) is 3.40. The Hall–Kier alpha value is -3.12. The van der Waals surface area contributed by atoms with Gasteiger partial charge in [-0.1, -0.05) is 30.3 Å². The predicted molar refractivity (Wildman–Crippen MR) is 100 cm³/mol. The van der Waals surface area contributed by atoms with Crippen LogP contribution in [0.3, 0.4) is 0 Å². The van der Waals surface area contributed by atoms with Crippen molar-refractivity contribution in [2.45, 2.75) is 31.1 Å². The highest BCUT2D eigenvalue weighted by Gasteiger charge is 2.45. The molecule has 152 valence electrons. The molecule has 1 aromatic carbocycles. The van der Waals surface area contributed by atoms with Gasteiger partial charge in [0.1, 0.15) is 30.5 Å². The summed E-state index contributed by atoms with van der Waals surface area (Å²) in [5.41, 5.74) is 6.98. The summed E-state index contributed by atoms with van der Waals surface area (Å²) >= 11 is 0. The first-order valence-corrected chi connectivity index (χ1v) is 8.94. The van der Waals surface area contributed by atoms with Gasteiger partial charge in [0.25, 0.3) is 5.91 Å². The van der Waals surface area contributed by atoms with Crippen molar-refractivity contribution in [1.82, 2.24) is 25.1 Å². The number of aromatic nitrogens is 4. The number of fused-ring (bicyclic) bond motifs is 1. The van der Waals surface area contributed by atoms with Crippen LogP contribution in [-0.4, -0.2) is 65.9 Å². The predicted octanol–water partition coefficient (Wildman–Crippen LogP) is -1.05. The Morgan fingerprint density at radius 2 is 1.97 bits per heavy atom. The van der Waals surface area contributed by atoms with Gasteiger partial charge < -0.3 is 31.1 Å². The van der Waals surface area contributed by atoms with Crippen LogP contribution in [-0.2, 0) is 11.3 Å². The highest BCUT2D eigenvalue weighted by molar-refractivity contribution is 6.07. The van der Waals surface area contributed by atoms with Crippen LogP contribution in [0, 0.1) is 0 Å². The van der Waals surface area contributed by atoms with E-state index in [1.165, 1.54) is 11.0 Å². The molecule has 1 amide bonds. The molecule has 29 heavy (non-hydrogen) atoms. The zero-order valence-electron chi connectivity index (χ0n) is 15.2. The molecule has 0 spiro atoms. The molecule has 11 nitrogen and oxygen atoms in total. The zero-order valence-corrected chi connectivity index (χ0v) is 15.2. The van der Waals surface area contributed by atoms with E-state index in [1.54, 1.807) is 0 Å². The second kappa shape index (κ2) is 7.72. The molecule has 0 radical (unpaired) electrons. The number of hydrogen-bond acceptors (Lipinski definition) is 9. The Balaban J connectivity index is 1.69. The lowest BCUT2D eigenvalue weighted by atomic mass is 10.1. The average Bonchev–Trinajstić information content (AvgIpc) is 3.26. The van der Waals surface area contributed by atoms with E-state index in [2.05, 4.69) is 20.4 Å². The molecule has 0 saturated carbocycles. The summed E-state index contributed by atoms with van der Waals surface area (Å²) in [4.78, 5) is 20.8. The summed E-state index contributed by atoms with van der Waals surface area (Å²) in [5.74, 6) is -0.469. The molecule has 3 aromatic rings. The Kier molecular flexibility index (Phi) is 5.11. The molecule has 11 heteroatoms. The first-order valence-electron chi connectivity index (χ1n) is 8.94. The summed E-state index contributed by atoms with van der Waals surface area (Å²) < 4.78 is 6.68. The second-order valence-electron chi connectivity index (χ2n) is 6.65. The smallest absolute Gasteiger partial charge is 0.272 e. The summed E-state index contributed by atoms with van der Waals surface area (Å²) in [5, 5.41) is 36.9. The topological polar surface area (TPSA) is 169 Å². The molecule has 1 saturated heterocycles. The Morgan fingerprint density at radius 3 is 2.66 bits per heavy atom. The standard InChI is InChI=1S/C18H20N6O5/c19-15-11-12(17(28)20-6-9-4-2-1-3-5-9)23-24(16(11)22-8-21-15)18-14(27)13(26)10(7-25)29-18/h1-5,8,10,13-14,18,25-27H,6-7H2,(H,20,28)(H2,19,21,22)/t10-,13-,14-,18-/m1/s1. The molecule has 0 aliphatic carbocycles. The average molecular weight is 400 g/mol. The molecule has 4 atom stereocenters. The van der Waals surface area contributed by atoms with Crippen molar-refractivity contribution in [3.63, 3.8) is 0 Å². The van der Waals surface area contributed by atoms with Gasteiger partial charge in [-0.05, 0) is 5.56 Å². The molecule has 6 N–H and O–H groups in total. The third-order valence-electron chi connectivity index (χ3n) is 4.79. The van der Waals surface area contributed by atoms with Gasteiger partial charge in [0.15, 0.2) is 17.6 Å². The van der Waals surface area contributed by atoms with Crippen LogP contribution >= 0.6 is 0 Å². The summed E-state index contributed by atoms with van der Waals surface area (Å²) in [6.07, 6.45) is -3.66. The fourth-order valence-electron chi connectivity index (χ4n) is 3.28. The maximum atomic E-state index is 12.8. The number of carbonyl (C=O) groups is 1. The van der Waals surface area contributed by atoms with Crippen LogP contribution < -0.4 is 11.1 Å². The highest BCUT2D eigenvalue weighted by atomic mass is 16.6. The van der Waals surface area contributed by atoms with Crippen molar-refractivity contribution in [3.8, 4) is 0 Å². The number of nitrogens with two attached hydrogens (primary N) is 1. The molecule has 1 aliphatic rings. The van der Waals surface area contributed by atoms with E-state index in [-0.39, 0.29) is 29.1 Å². The van der Waals surface area contributed by atoms with Gasteiger partial charge in [-0.2, -0.15) is 5.10 Å². The lowest BCUT2D eigenvalue weighted by molar-refractivity contribution is -0.0567. The van der Waals surface area contributed by atoms with E-state index in [1.807, 2.05) is 30.3 Å². The van der Waals surface area contributed by atoms with Crippen LogP contribution in [0.2, 0.25) is 0 Å². The lowest BCUT2D eigenvalue weighted by Gasteiger charge is -2.15. The maximum Gasteiger partial charge on any atom is 0.272 e. The number of nitrogens with zero attached hydrogens (tertiary/aromatic N) is 4. The molecule has 3 heterocycles. The fourth-order valence-corrected chi connectivity index (χ4v) is 3.28. The zero-order chi connectivity index (χ0) is 20.5. The Bertz CT molecular complexity index is 1030. The number of hydrogen-bond donors (Lipinski definition) is 5. The minimum atomic E-state index is -1.38. The second-order valence-corrected chi connectivity index (χ2v) is 6.65. The van der Waals surface area contributed by atoms with Gasteiger partial charge in [0.05, 0.1) is 12.0 Å². The van der Waals surface area contributed by atoms with Crippen molar-refractivity contribution in [2.75, 3.05) is 12.3 Å². The van der Waals surface area contributed by atoms with Crippen molar-refractivity contribution >= 4 is 22.8 Å². The molecular formula is C18H20N6O5. The van der Waals surface area contributed by atoms with E-state index in [4.69, 9.17) is 10.5 Å². The number of nitrogen functional groups attached to an aromatic ring is 1. The van der Waals surface area contributed by atoms with Gasteiger partial charge in [-0.25, -0.2) is 14.6 Å². The normalized spacial score (nSPS) is 24.1. The summed E-state index contributed by atoms with van der Waals surface area (Å²) in [6, 6.07) is 9.33. The minimum absolute atomic E-state index is 0.0354. The van der Waals surface area contributed by atoms with Crippen LogP contribution in [0.1, 0.15) is 22.3 Å². The molecule has 4 rings (SSSR count). The Labute approximate surface area is 164 Å². The molecule has 0 bridgehead atoms. The maximum absolute atomic E-state index is 12.8. The van der Waals surface area contributed by atoms with Crippen LogP contribution in [0.4, 0.5) is 5.82 Å². The number of amides is 1. The number of aliphatic hydroxyl groups excluding tert-OH is 3. The number of rotatable bonds is 5. The monoisotopic (exact) mass is 400 g/mol. The van der Waals surface area contributed by atoms with Gasteiger partial charge >= 0.3 is 0 Å². The lowest BCUT2D eigenvalue weighted by Crippen LogP contribution is -2.33. The SMILES string of the molecule is Nc1ncnc2c1c(C(=O)NCc1ccccc1)nn2[C@@H]1O[C@H](CO)[C@@H](O)[C@H]1O. The van der Waals surface area contributed by atoms with E-state index < -0.39 is 37.1 Å².